The molecule has 0 aliphatic heterocycles. The van der Waals surface area contributed by atoms with Crippen molar-refractivity contribution in [3.63, 3.8) is 0 Å². The van der Waals surface area contributed by atoms with E-state index in [4.69, 9.17) is 0 Å². The number of fused-ring (bicyclic) bond motifs is 1. The number of imidazole rings is 1. The molecule has 0 atom stereocenters. The van der Waals surface area contributed by atoms with Crippen molar-refractivity contribution < 1.29 is 0 Å². The first-order valence-electron chi connectivity index (χ1n) is 5.36. The van der Waals surface area contributed by atoms with Gasteiger partial charge in [0.25, 0.3) is 0 Å². The second-order valence-electron chi connectivity index (χ2n) is 3.91. The Labute approximate surface area is 105 Å². The summed E-state index contributed by atoms with van der Waals surface area (Å²) in [5, 5.41) is 0. The molecule has 0 saturated heterocycles. The summed E-state index contributed by atoms with van der Waals surface area (Å²) in [6.07, 6.45) is 1.75. The molecule has 0 amide bonds. The molecular formula is C13H11N3S. The van der Waals surface area contributed by atoms with Crippen molar-refractivity contribution in [3.8, 4) is 11.4 Å². The van der Waals surface area contributed by atoms with Crippen LogP contribution in [0.4, 0.5) is 0 Å². The molecule has 0 unspecified atom stereocenters. The van der Waals surface area contributed by atoms with E-state index < -0.39 is 0 Å². The van der Waals surface area contributed by atoms with E-state index in [9.17, 15) is 0 Å². The van der Waals surface area contributed by atoms with E-state index >= 15 is 0 Å². The van der Waals surface area contributed by atoms with Gasteiger partial charge in [0.2, 0.25) is 0 Å². The number of nitrogens with zero attached hydrogens (tertiary/aromatic N) is 3. The van der Waals surface area contributed by atoms with E-state index in [1.54, 1.807) is 10.2 Å². The summed E-state index contributed by atoms with van der Waals surface area (Å²) in [5.41, 5.74) is 3.91. The number of rotatable bonds is 1. The Hall–Kier alpha value is -1.81. The molecule has 84 valence electrons. The van der Waals surface area contributed by atoms with Gasteiger partial charge in [-0.2, -0.15) is 0 Å². The van der Waals surface area contributed by atoms with Crippen molar-refractivity contribution in [3.05, 3.63) is 48.2 Å². The van der Waals surface area contributed by atoms with Crippen LogP contribution in [-0.2, 0) is 0 Å². The Morgan fingerprint density at radius 2 is 1.94 bits per heavy atom. The van der Waals surface area contributed by atoms with Crippen LogP contribution in [0.3, 0.4) is 0 Å². The zero-order valence-electron chi connectivity index (χ0n) is 9.33. The summed E-state index contributed by atoms with van der Waals surface area (Å²) in [7, 11) is 0. The number of benzene rings is 1. The lowest BCUT2D eigenvalue weighted by molar-refractivity contribution is 1.23. The van der Waals surface area contributed by atoms with Gasteiger partial charge in [-0.15, -0.1) is 0 Å². The molecule has 3 nitrogen and oxygen atoms in total. The summed E-state index contributed by atoms with van der Waals surface area (Å²) in [5.74, 6) is 0.833. The highest BCUT2D eigenvalue weighted by Gasteiger charge is 2.12. The van der Waals surface area contributed by atoms with E-state index in [-0.39, 0.29) is 0 Å². The van der Waals surface area contributed by atoms with Crippen LogP contribution in [0, 0.1) is 6.92 Å². The Morgan fingerprint density at radius 1 is 1.12 bits per heavy atom. The fraction of sp³-hybridized carbons (Fsp3) is 0.0769. The number of hydrogen-bond acceptors (Lipinski definition) is 3. The highest BCUT2D eigenvalue weighted by atomic mass is 32.1. The molecule has 0 fully saturated rings. The standard InChI is InChI=1S/C13H11N3S/c1-9-5-2-3-6-10(9)12-15-11-7-4-8-14-13(11)16(12)17/h2-8,17H,1H3. The summed E-state index contributed by atoms with van der Waals surface area (Å²) in [4.78, 5) is 8.85. The maximum Gasteiger partial charge on any atom is 0.170 e. The molecule has 4 heteroatoms. The Morgan fingerprint density at radius 3 is 2.71 bits per heavy atom. The first-order valence-corrected chi connectivity index (χ1v) is 5.76. The fourth-order valence-electron chi connectivity index (χ4n) is 1.90. The lowest BCUT2D eigenvalue weighted by Gasteiger charge is -2.03. The van der Waals surface area contributed by atoms with E-state index in [0.717, 1.165) is 22.6 Å². The molecule has 2 aromatic heterocycles. The molecule has 0 aliphatic carbocycles. The van der Waals surface area contributed by atoms with Gasteiger partial charge in [0.15, 0.2) is 11.5 Å². The molecule has 17 heavy (non-hydrogen) atoms. The summed E-state index contributed by atoms with van der Waals surface area (Å²) in [6.45, 7) is 2.07. The minimum atomic E-state index is 0.786. The van der Waals surface area contributed by atoms with Crippen molar-refractivity contribution in [1.29, 1.82) is 0 Å². The monoisotopic (exact) mass is 241 g/mol. The first kappa shape index (κ1) is 10.4. The first-order chi connectivity index (χ1) is 8.27. The van der Waals surface area contributed by atoms with Crippen LogP contribution in [0.2, 0.25) is 0 Å². The molecule has 3 rings (SSSR count). The van der Waals surface area contributed by atoms with Gasteiger partial charge >= 0.3 is 0 Å². The molecule has 0 radical (unpaired) electrons. The van der Waals surface area contributed by atoms with E-state index in [1.165, 1.54) is 5.56 Å². The van der Waals surface area contributed by atoms with Gasteiger partial charge in [-0.25, -0.2) is 9.97 Å². The van der Waals surface area contributed by atoms with Gasteiger partial charge in [-0.1, -0.05) is 37.1 Å². The van der Waals surface area contributed by atoms with Crippen molar-refractivity contribution >= 4 is 24.0 Å². The minimum absolute atomic E-state index is 0.786. The molecule has 2 heterocycles. The van der Waals surface area contributed by atoms with Gasteiger partial charge in [-0.3, -0.25) is 3.97 Å². The van der Waals surface area contributed by atoms with E-state index in [0.29, 0.717) is 0 Å². The van der Waals surface area contributed by atoms with Crippen LogP contribution in [0.1, 0.15) is 5.56 Å². The molecule has 0 saturated carbocycles. The number of aryl methyl sites for hydroxylation is 1. The average Bonchev–Trinajstić information content (AvgIpc) is 2.68. The quantitative estimate of drug-likeness (QED) is 0.664. The second kappa shape index (κ2) is 3.89. The van der Waals surface area contributed by atoms with Gasteiger partial charge < -0.3 is 0 Å². The Balaban J connectivity index is 2.32. The highest BCUT2D eigenvalue weighted by Crippen LogP contribution is 2.26. The van der Waals surface area contributed by atoms with Gasteiger partial charge in [0.1, 0.15) is 5.52 Å². The number of thiol groups is 1. The van der Waals surface area contributed by atoms with Crippen LogP contribution in [-0.4, -0.2) is 13.9 Å². The molecule has 3 aromatic rings. The van der Waals surface area contributed by atoms with Gasteiger partial charge in [-0.05, 0) is 24.6 Å². The van der Waals surface area contributed by atoms with Gasteiger partial charge in [0.05, 0.1) is 0 Å². The SMILES string of the molecule is Cc1ccccc1-c1nc2cccnc2n1S. The average molecular weight is 241 g/mol. The summed E-state index contributed by atoms with van der Waals surface area (Å²) in [6, 6.07) is 12.0. The number of aromatic nitrogens is 3. The maximum absolute atomic E-state index is 4.57. The highest BCUT2D eigenvalue weighted by molar-refractivity contribution is 7.78. The normalized spacial score (nSPS) is 10.9. The molecule has 0 spiro atoms. The largest absolute Gasteiger partial charge is 0.252 e. The van der Waals surface area contributed by atoms with Crippen LogP contribution in [0.15, 0.2) is 42.6 Å². The predicted molar refractivity (Wildman–Crippen MR) is 72.1 cm³/mol. The van der Waals surface area contributed by atoms with Crippen LogP contribution >= 0.6 is 12.8 Å². The van der Waals surface area contributed by atoms with Crippen molar-refractivity contribution in [2.75, 3.05) is 0 Å². The zero-order valence-corrected chi connectivity index (χ0v) is 10.2. The smallest absolute Gasteiger partial charge is 0.170 e. The third kappa shape index (κ3) is 1.61. The van der Waals surface area contributed by atoms with E-state index in [1.807, 2.05) is 30.3 Å². The maximum atomic E-state index is 4.57. The van der Waals surface area contributed by atoms with E-state index in [2.05, 4.69) is 35.8 Å². The van der Waals surface area contributed by atoms with Crippen molar-refractivity contribution in [1.82, 2.24) is 13.9 Å². The fourth-order valence-corrected chi connectivity index (χ4v) is 2.21. The van der Waals surface area contributed by atoms with Crippen LogP contribution in [0.5, 0.6) is 0 Å². The van der Waals surface area contributed by atoms with Crippen molar-refractivity contribution in [2.45, 2.75) is 6.92 Å². The topological polar surface area (TPSA) is 30.7 Å². The Kier molecular flexibility index (Phi) is 2.37. The molecule has 0 N–H and O–H groups in total. The van der Waals surface area contributed by atoms with Gasteiger partial charge in [0, 0.05) is 11.8 Å². The Bertz CT molecular complexity index is 688. The predicted octanol–water partition coefficient (Wildman–Crippen LogP) is 3.10. The minimum Gasteiger partial charge on any atom is -0.252 e. The molecule has 0 aliphatic rings. The van der Waals surface area contributed by atoms with Crippen LogP contribution < -0.4 is 0 Å². The molecular weight excluding hydrogens is 230 g/mol. The third-order valence-electron chi connectivity index (χ3n) is 2.78. The summed E-state index contributed by atoms with van der Waals surface area (Å²) < 4.78 is 1.73. The molecule has 1 aromatic carbocycles. The molecule has 0 bridgehead atoms. The lowest BCUT2D eigenvalue weighted by Crippen LogP contribution is -1.90. The number of hydrogen-bond donors (Lipinski definition) is 1. The summed E-state index contributed by atoms with van der Waals surface area (Å²) >= 11 is 4.47. The zero-order chi connectivity index (χ0) is 11.8. The second-order valence-corrected chi connectivity index (χ2v) is 4.31. The number of pyridine rings is 1. The lowest BCUT2D eigenvalue weighted by atomic mass is 10.1. The van der Waals surface area contributed by atoms with Crippen LogP contribution in [0.25, 0.3) is 22.6 Å². The third-order valence-corrected chi connectivity index (χ3v) is 3.16. The van der Waals surface area contributed by atoms with Crippen molar-refractivity contribution in [2.24, 2.45) is 0 Å².